The number of hydrogen-bond acceptors (Lipinski definition) is 1. The molecule has 2 heterocycles. The molecule has 66 valence electrons. The lowest BCUT2D eigenvalue weighted by molar-refractivity contribution is 0.175. The van der Waals surface area contributed by atoms with Crippen molar-refractivity contribution in [3.05, 3.63) is 24.5 Å². The zero-order valence-corrected chi connectivity index (χ0v) is 7.44. The maximum atomic E-state index is 5.36. The molecule has 2 atom stereocenters. The van der Waals surface area contributed by atoms with Gasteiger partial charge in [-0.15, -0.1) is 0 Å². The summed E-state index contributed by atoms with van der Waals surface area (Å²) in [5, 5.41) is 0. The summed E-state index contributed by atoms with van der Waals surface area (Å²) in [7, 11) is 0. The van der Waals surface area contributed by atoms with Gasteiger partial charge >= 0.3 is 0 Å². The first-order valence-corrected chi connectivity index (χ1v) is 4.58. The maximum absolute atomic E-state index is 5.36. The number of rotatable bonds is 2. The summed E-state index contributed by atoms with van der Waals surface area (Å²) in [6.45, 7) is 4.13. The fourth-order valence-electron chi connectivity index (χ4n) is 1.80. The van der Waals surface area contributed by atoms with Gasteiger partial charge in [0.1, 0.15) is 0 Å². The average molecular weight is 165 g/mol. The van der Waals surface area contributed by atoms with E-state index in [0.717, 1.165) is 13.2 Å². The van der Waals surface area contributed by atoms with Gasteiger partial charge in [-0.1, -0.05) is 0 Å². The molecule has 0 N–H and O–H groups in total. The van der Waals surface area contributed by atoms with E-state index in [0.29, 0.717) is 12.0 Å². The van der Waals surface area contributed by atoms with Crippen molar-refractivity contribution in [3.63, 3.8) is 0 Å². The molecule has 1 saturated heterocycles. The molecule has 0 aliphatic carbocycles. The van der Waals surface area contributed by atoms with E-state index in [1.807, 2.05) is 0 Å². The Morgan fingerprint density at radius 3 is 2.75 bits per heavy atom. The van der Waals surface area contributed by atoms with E-state index >= 15 is 0 Å². The first-order valence-electron chi connectivity index (χ1n) is 4.58. The van der Waals surface area contributed by atoms with Gasteiger partial charge in [0.05, 0.1) is 6.61 Å². The molecule has 2 unspecified atom stereocenters. The Hall–Kier alpha value is -0.760. The van der Waals surface area contributed by atoms with E-state index in [4.69, 9.17) is 4.74 Å². The summed E-state index contributed by atoms with van der Waals surface area (Å²) in [5.41, 5.74) is 0. The molecule has 0 amide bonds. The Morgan fingerprint density at radius 2 is 2.17 bits per heavy atom. The third kappa shape index (κ3) is 1.39. The largest absolute Gasteiger partial charge is 0.381 e. The van der Waals surface area contributed by atoms with Crippen molar-refractivity contribution in [1.82, 2.24) is 4.57 Å². The molecule has 1 aromatic heterocycles. The lowest BCUT2D eigenvalue weighted by Crippen LogP contribution is -2.15. The van der Waals surface area contributed by atoms with Crippen molar-refractivity contribution in [1.29, 1.82) is 0 Å². The SMILES string of the molecule is CC(C1CCOC1)n1cccc1. The third-order valence-corrected chi connectivity index (χ3v) is 2.74. The first kappa shape index (κ1) is 7.87. The monoisotopic (exact) mass is 165 g/mol. The third-order valence-electron chi connectivity index (χ3n) is 2.74. The van der Waals surface area contributed by atoms with Gasteiger partial charge < -0.3 is 9.30 Å². The second-order valence-electron chi connectivity index (χ2n) is 3.49. The summed E-state index contributed by atoms with van der Waals surface area (Å²) >= 11 is 0. The van der Waals surface area contributed by atoms with Crippen LogP contribution in [0.15, 0.2) is 24.5 Å². The molecule has 0 radical (unpaired) electrons. The predicted octanol–water partition coefficient (Wildman–Crippen LogP) is 2.09. The summed E-state index contributed by atoms with van der Waals surface area (Å²) in [6, 6.07) is 4.74. The molecule has 2 rings (SSSR count). The molecule has 0 aromatic carbocycles. The molecule has 12 heavy (non-hydrogen) atoms. The normalized spacial score (nSPS) is 25.9. The number of hydrogen-bond donors (Lipinski definition) is 0. The molecule has 0 saturated carbocycles. The van der Waals surface area contributed by atoms with Gasteiger partial charge in [-0.05, 0) is 25.5 Å². The van der Waals surface area contributed by atoms with Crippen LogP contribution in [0.5, 0.6) is 0 Å². The summed E-state index contributed by atoms with van der Waals surface area (Å²) in [4.78, 5) is 0. The molecule has 1 aromatic rings. The number of ether oxygens (including phenoxy) is 1. The van der Waals surface area contributed by atoms with Crippen LogP contribution < -0.4 is 0 Å². The van der Waals surface area contributed by atoms with Crippen LogP contribution in [0.1, 0.15) is 19.4 Å². The molecular weight excluding hydrogens is 150 g/mol. The van der Waals surface area contributed by atoms with Crippen LogP contribution in [0.2, 0.25) is 0 Å². The van der Waals surface area contributed by atoms with Crippen molar-refractivity contribution in [2.24, 2.45) is 5.92 Å². The van der Waals surface area contributed by atoms with Crippen molar-refractivity contribution >= 4 is 0 Å². The van der Waals surface area contributed by atoms with Gasteiger partial charge in [0.2, 0.25) is 0 Å². The van der Waals surface area contributed by atoms with Gasteiger partial charge in [-0.3, -0.25) is 0 Å². The minimum Gasteiger partial charge on any atom is -0.381 e. The highest BCUT2D eigenvalue weighted by atomic mass is 16.5. The highest BCUT2D eigenvalue weighted by Gasteiger charge is 2.22. The molecule has 0 spiro atoms. The van der Waals surface area contributed by atoms with Crippen molar-refractivity contribution in [3.8, 4) is 0 Å². The Morgan fingerprint density at radius 1 is 1.42 bits per heavy atom. The van der Waals surface area contributed by atoms with Crippen LogP contribution in [0.25, 0.3) is 0 Å². The van der Waals surface area contributed by atoms with E-state index in [1.54, 1.807) is 0 Å². The first-order chi connectivity index (χ1) is 5.88. The maximum Gasteiger partial charge on any atom is 0.0514 e. The molecule has 2 heteroatoms. The Labute approximate surface area is 73.1 Å². The molecule has 0 bridgehead atoms. The minimum absolute atomic E-state index is 0.586. The molecule has 2 nitrogen and oxygen atoms in total. The van der Waals surface area contributed by atoms with E-state index in [-0.39, 0.29) is 0 Å². The standard InChI is InChI=1S/C10H15NO/c1-9(10-4-7-12-8-10)11-5-2-3-6-11/h2-3,5-6,9-10H,4,7-8H2,1H3. The fraction of sp³-hybridized carbons (Fsp3) is 0.600. The van der Waals surface area contributed by atoms with Crippen molar-refractivity contribution in [2.45, 2.75) is 19.4 Å². The predicted molar refractivity (Wildman–Crippen MR) is 48.1 cm³/mol. The smallest absolute Gasteiger partial charge is 0.0514 e. The topological polar surface area (TPSA) is 14.2 Å². The molecule has 1 aliphatic heterocycles. The lowest BCUT2D eigenvalue weighted by Gasteiger charge is -2.19. The zero-order valence-electron chi connectivity index (χ0n) is 7.44. The second kappa shape index (κ2) is 3.31. The lowest BCUT2D eigenvalue weighted by atomic mass is 10.0. The van der Waals surface area contributed by atoms with Gasteiger partial charge in [0, 0.05) is 31.0 Å². The van der Waals surface area contributed by atoms with Crippen LogP contribution in [-0.2, 0) is 4.74 Å². The van der Waals surface area contributed by atoms with Crippen LogP contribution >= 0.6 is 0 Å². The number of nitrogens with zero attached hydrogens (tertiary/aromatic N) is 1. The Bertz CT molecular complexity index is 224. The minimum atomic E-state index is 0.586. The average Bonchev–Trinajstić information content (AvgIpc) is 2.77. The van der Waals surface area contributed by atoms with Crippen LogP contribution in [0.4, 0.5) is 0 Å². The van der Waals surface area contributed by atoms with E-state index < -0.39 is 0 Å². The van der Waals surface area contributed by atoms with Crippen molar-refractivity contribution in [2.75, 3.05) is 13.2 Å². The van der Waals surface area contributed by atoms with Crippen LogP contribution in [-0.4, -0.2) is 17.8 Å². The van der Waals surface area contributed by atoms with Crippen molar-refractivity contribution < 1.29 is 4.74 Å². The van der Waals surface area contributed by atoms with Gasteiger partial charge in [-0.2, -0.15) is 0 Å². The second-order valence-corrected chi connectivity index (χ2v) is 3.49. The fourth-order valence-corrected chi connectivity index (χ4v) is 1.80. The Balaban J connectivity index is 2.04. The molecule has 1 fully saturated rings. The Kier molecular flexibility index (Phi) is 2.17. The van der Waals surface area contributed by atoms with Gasteiger partial charge in [-0.25, -0.2) is 0 Å². The quantitative estimate of drug-likeness (QED) is 0.654. The van der Waals surface area contributed by atoms with E-state index in [9.17, 15) is 0 Å². The number of aromatic nitrogens is 1. The van der Waals surface area contributed by atoms with Gasteiger partial charge in [0.15, 0.2) is 0 Å². The van der Waals surface area contributed by atoms with E-state index in [1.165, 1.54) is 6.42 Å². The van der Waals surface area contributed by atoms with Gasteiger partial charge in [0.25, 0.3) is 0 Å². The summed E-state index contributed by atoms with van der Waals surface area (Å²) < 4.78 is 7.63. The molecule has 1 aliphatic rings. The highest BCUT2D eigenvalue weighted by molar-refractivity contribution is 4.93. The summed E-state index contributed by atoms with van der Waals surface area (Å²) in [6.07, 6.45) is 5.46. The molecular formula is C10H15NO. The van der Waals surface area contributed by atoms with Crippen LogP contribution in [0, 0.1) is 5.92 Å². The van der Waals surface area contributed by atoms with Crippen LogP contribution in [0.3, 0.4) is 0 Å². The summed E-state index contributed by atoms with van der Waals surface area (Å²) in [5.74, 6) is 0.706. The zero-order chi connectivity index (χ0) is 8.39. The highest BCUT2D eigenvalue weighted by Crippen LogP contribution is 2.25. The van der Waals surface area contributed by atoms with E-state index in [2.05, 4.69) is 36.0 Å².